The van der Waals surface area contributed by atoms with Crippen molar-refractivity contribution in [1.29, 1.82) is 0 Å². The van der Waals surface area contributed by atoms with Crippen LogP contribution < -0.4 is 0 Å². The molecule has 0 aliphatic heterocycles. The standard InChI is InChI=1S/C15H11ClN2S.BrH/c1-10-6-7-17-8-13(10)15-18-14(9-19-15)11-2-4-12(16)5-3-11;/h2-9H,1H3;1H. The molecule has 0 aliphatic carbocycles. The average Bonchev–Trinajstić information content (AvgIpc) is 2.89. The minimum Gasteiger partial charge on any atom is -0.264 e. The zero-order valence-corrected chi connectivity index (χ0v) is 14.0. The number of benzene rings is 1. The number of thiazole rings is 1. The van der Waals surface area contributed by atoms with Gasteiger partial charge in [-0.3, -0.25) is 4.98 Å². The van der Waals surface area contributed by atoms with Crippen molar-refractivity contribution in [2.75, 3.05) is 0 Å². The molecule has 2 nitrogen and oxygen atoms in total. The quantitative estimate of drug-likeness (QED) is 0.605. The summed E-state index contributed by atoms with van der Waals surface area (Å²) in [6.45, 7) is 2.07. The first-order chi connectivity index (χ1) is 9.24. The molecule has 0 saturated heterocycles. The van der Waals surface area contributed by atoms with Gasteiger partial charge in [-0.1, -0.05) is 23.7 Å². The van der Waals surface area contributed by atoms with Crippen LogP contribution in [-0.4, -0.2) is 9.97 Å². The van der Waals surface area contributed by atoms with E-state index in [2.05, 4.69) is 22.3 Å². The van der Waals surface area contributed by atoms with Crippen molar-refractivity contribution in [1.82, 2.24) is 9.97 Å². The maximum absolute atomic E-state index is 5.89. The Balaban J connectivity index is 0.00000147. The number of pyridine rings is 1. The Labute approximate surface area is 137 Å². The lowest BCUT2D eigenvalue weighted by Crippen LogP contribution is -1.84. The van der Waals surface area contributed by atoms with Crippen LogP contribution in [0.15, 0.2) is 48.1 Å². The van der Waals surface area contributed by atoms with E-state index in [9.17, 15) is 0 Å². The van der Waals surface area contributed by atoms with Crippen LogP contribution in [0, 0.1) is 6.92 Å². The topological polar surface area (TPSA) is 25.8 Å². The molecule has 0 unspecified atom stereocenters. The van der Waals surface area contributed by atoms with Gasteiger partial charge < -0.3 is 0 Å². The van der Waals surface area contributed by atoms with Gasteiger partial charge in [0.05, 0.1) is 5.69 Å². The molecule has 0 spiro atoms. The molecule has 0 radical (unpaired) electrons. The monoisotopic (exact) mass is 366 g/mol. The van der Waals surface area contributed by atoms with Gasteiger partial charge >= 0.3 is 0 Å². The summed E-state index contributed by atoms with van der Waals surface area (Å²) in [7, 11) is 0. The Morgan fingerprint density at radius 2 is 1.85 bits per heavy atom. The van der Waals surface area contributed by atoms with Gasteiger partial charge in [-0.2, -0.15) is 0 Å². The smallest absolute Gasteiger partial charge is 0.125 e. The molecule has 102 valence electrons. The summed E-state index contributed by atoms with van der Waals surface area (Å²) in [5, 5.41) is 3.79. The van der Waals surface area contributed by atoms with Crippen molar-refractivity contribution in [3.05, 3.63) is 58.7 Å². The predicted molar refractivity (Wildman–Crippen MR) is 90.9 cm³/mol. The highest BCUT2D eigenvalue weighted by molar-refractivity contribution is 8.93. The third-order valence-electron chi connectivity index (χ3n) is 2.91. The molecular formula is C15H12BrClN2S. The van der Waals surface area contributed by atoms with Crippen molar-refractivity contribution in [2.24, 2.45) is 0 Å². The van der Waals surface area contributed by atoms with E-state index in [-0.39, 0.29) is 17.0 Å². The molecule has 0 N–H and O–H groups in total. The molecule has 0 saturated carbocycles. The van der Waals surface area contributed by atoms with Gasteiger partial charge in [0.2, 0.25) is 0 Å². The Hall–Kier alpha value is -1.23. The Morgan fingerprint density at radius 1 is 1.10 bits per heavy atom. The second-order valence-corrected chi connectivity index (χ2v) is 5.53. The van der Waals surface area contributed by atoms with Crippen molar-refractivity contribution in [3.63, 3.8) is 0 Å². The first kappa shape index (κ1) is 15.2. The van der Waals surface area contributed by atoms with Crippen LogP contribution in [0.2, 0.25) is 5.02 Å². The third-order valence-corrected chi connectivity index (χ3v) is 4.04. The summed E-state index contributed by atoms with van der Waals surface area (Å²) in [5.74, 6) is 0. The fourth-order valence-electron chi connectivity index (χ4n) is 1.84. The average molecular weight is 368 g/mol. The van der Waals surface area contributed by atoms with Gasteiger partial charge in [0.15, 0.2) is 0 Å². The maximum Gasteiger partial charge on any atom is 0.125 e. The molecule has 0 atom stereocenters. The van der Waals surface area contributed by atoms with Gasteiger partial charge in [-0.25, -0.2) is 4.98 Å². The minimum absolute atomic E-state index is 0. The molecule has 3 aromatic rings. The van der Waals surface area contributed by atoms with Crippen molar-refractivity contribution < 1.29 is 0 Å². The van der Waals surface area contributed by atoms with Crippen LogP contribution in [-0.2, 0) is 0 Å². The maximum atomic E-state index is 5.89. The zero-order valence-electron chi connectivity index (χ0n) is 10.7. The van der Waals surface area contributed by atoms with Gasteiger partial charge in [-0.15, -0.1) is 28.3 Å². The number of hydrogen-bond donors (Lipinski definition) is 0. The second-order valence-electron chi connectivity index (χ2n) is 4.24. The van der Waals surface area contributed by atoms with Gasteiger partial charge in [0, 0.05) is 33.9 Å². The van der Waals surface area contributed by atoms with E-state index in [1.54, 1.807) is 17.5 Å². The molecular weight excluding hydrogens is 356 g/mol. The number of aromatic nitrogens is 2. The number of nitrogens with zero attached hydrogens (tertiary/aromatic N) is 2. The van der Waals surface area contributed by atoms with Gasteiger partial charge in [0.25, 0.3) is 0 Å². The van der Waals surface area contributed by atoms with Crippen LogP contribution in [0.3, 0.4) is 0 Å². The fraction of sp³-hybridized carbons (Fsp3) is 0.0667. The van der Waals surface area contributed by atoms with Crippen molar-refractivity contribution in [3.8, 4) is 21.8 Å². The molecule has 2 heterocycles. The second kappa shape index (κ2) is 6.48. The highest BCUT2D eigenvalue weighted by atomic mass is 79.9. The van der Waals surface area contributed by atoms with Crippen LogP contribution in [0.5, 0.6) is 0 Å². The summed E-state index contributed by atoms with van der Waals surface area (Å²) in [6.07, 6.45) is 3.66. The zero-order chi connectivity index (χ0) is 13.2. The lowest BCUT2D eigenvalue weighted by Gasteiger charge is -2.00. The molecule has 3 rings (SSSR count). The molecule has 0 fully saturated rings. The van der Waals surface area contributed by atoms with E-state index < -0.39 is 0 Å². The van der Waals surface area contributed by atoms with E-state index in [1.165, 1.54) is 5.56 Å². The van der Waals surface area contributed by atoms with Crippen LogP contribution in [0.4, 0.5) is 0 Å². The summed E-state index contributed by atoms with van der Waals surface area (Å²) < 4.78 is 0. The molecule has 5 heteroatoms. The number of hydrogen-bond acceptors (Lipinski definition) is 3. The van der Waals surface area contributed by atoms with Crippen LogP contribution >= 0.6 is 39.9 Å². The van der Waals surface area contributed by atoms with E-state index in [1.807, 2.05) is 36.5 Å². The summed E-state index contributed by atoms with van der Waals surface area (Å²) in [5.41, 5.74) is 4.33. The first-order valence-electron chi connectivity index (χ1n) is 5.86. The van der Waals surface area contributed by atoms with Crippen molar-refractivity contribution in [2.45, 2.75) is 6.92 Å². The summed E-state index contributed by atoms with van der Waals surface area (Å²) in [6, 6.07) is 9.73. The Kier molecular flexibility index (Phi) is 4.91. The van der Waals surface area contributed by atoms with Gasteiger partial charge in [-0.05, 0) is 30.7 Å². The SMILES string of the molecule is Br.Cc1ccncc1-c1nc(-c2ccc(Cl)cc2)cs1. The Bertz CT molecular complexity index is 710. The highest BCUT2D eigenvalue weighted by Gasteiger charge is 2.08. The van der Waals surface area contributed by atoms with E-state index in [4.69, 9.17) is 11.6 Å². The largest absolute Gasteiger partial charge is 0.264 e. The van der Waals surface area contributed by atoms with Crippen LogP contribution in [0.25, 0.3) is 21.8 Å². The number of aryl methyl sites for hydroxylation is 1. The van der Waals surface area contributed by atoms with E-state index in [0.29, 0.717) is 0 Å². The summed E-state index contributed by atoms with van der Waals surface area (Å²) >= 11 is 7.53. The first-order valence-corrected chi connectivity index (χ1v) is 7.12. The van der Waals surface area contributed by atoms with Crippen molar-refractivity contribution >= 4 is 39.9 Å². The molecule has 1 aromatic carbocycles. The molecule has 2 aromatic heterocycles. The molecule has 20 heavy (non-hydrogen) atoms. The summed E-state index contributed by atoms with van der Waals surface area (Å²) in [4.78, 5) is 8.84. The molecule has 0 aliphatic rings. The number of rotatable bonds is 2. The van der Waals surface area contributed by atoms with E-state index >= 15 is 0 Å². The van der Waals surface area contributed by atoms with Gasteiger partial charge in [0.1, 0.15) is 5.01 Å². The molecule has 0 bridgehead atoms. The predicted octanol–water partition coefficient (Wildman–Crippen LogP) is 5.41. The number of halogens is 2. The minimum atomic E-state index is 0. The third kappa shape index (κ3) is 3.08. The fourth-order valence-corrected chi connectivity index (χ4v) is 2.87. The molecule has 0 amide bonds. The Morgan fingerprint density at radius 3 is 2.55 bits per heavy atom. The van der Waals surface area contributed by atoms with Crippen LogP contribution in [0.1, 0.15) is 5.56 Å². The lowest BCUT2D eigenvalue weighted by molar-refractivity contribution is 1.27. The van der Waals surface area contributed by atoms with E-state index in [0.717, 1.165) is 26.9 Å². The highest BCUT2D eigenvalue weighted by Crippen LogP contribution is 2.30. The normalized spacial score (nSPS) is 10.1. The lowest BCUT2D eigenvalue weighted by atomic mass is 10.1.